The van der Waals surface area contributed by atoms with Crippen molar-refractivity contribution in [3.05, 3.63) is 75.5 Å². The second-order valence-electron chi connectivity index (χ2n) is 6.36. The number of hydrogen-bond donors (Lipinski definition) is 2. The van der Waals surface area contributed by atoms with Gasteiger partial charge in [0.15, 0.2) is 0 Å². The van der Waals surface area contributed by atoms with Crippen LogP contribution in [0.15, 0.2) is 52.9 Å². The van der Waals surface area contributed by atoms with Crippen molar-refractivity contribution in [2.45, 2.75) is 19.4 Å². The lowest BCUT2D eigenvalue weighted by Gasteiger charge is -2.21. The van der Waals surface area contributed by atoms with Gasteiger partial charge in [0.25, 0.3) is 11.6 Å². The monoisotopic (exact) mass is 354 g/mol. The van der Waals surface area contributed by atoms with E-state index in [-0.39, 0.29) is 17.8 Å². The van der Waals surface area contributed by atoms with E-state index in [1.165, 1.54) is 25.1 Å². The number of para-hydroxylation sites is 1. The standard InChI is InChI=1S/C19H18N2O5/c1-12-7-8-14(9-15(12)21(24)25)18(22)20-11-19(2,23)17-10-13-5-3-4-6-16(13)26-17/h3-10,23H,11H2,1-2H3,(H,20,22). The summed E-state index contributed by atoms with van der Waals surface area (Å²) in [5.41, 5.74) is -0.279. The minimum atomic E-state index is -1.43. The number of amides is 1. The molecular formula is C19H18N2O5. The number of hydrogen-bond acceptors (Lipinski definition) is 5. The first-order chi connectivity index (χ1) is 12.3. The van der Waals surface area contributed by atoms with Crippen LogP contribution >= 0.6 is 0 Å². The number of nitrogens with zero attached hydrogens (tertiary/aromatic N) is 1. The lowest BCUT2D eigenvalue weighted by atomic mass is 10.0. The highest BCUT2D eigenvalue weighted by Crippen LogP contribution is 2.27. The summed E-state index contributed by atoms with van der Waals surface area (Å²) < 4.78 is 5.65. The van der Waals surface area contributed by atoms with Crippen molar-refractivity contribution in [3.63, 3.8) is 0 Å². The zero-order valence-corrected chi connectivity index (χ0v) is 14.4. The van der Waals surface area contributed by atoms with Crippen LogP contribution in [0.2, 0.25) is 0 Å². The molecule has 0 saturated heterocycles. The lowest BCUT2D eigenvalue weighted by Crippen LogP contribution is -2.38. The summed E-state index contributed by atoms with van der Waals surface area (Å²) in [4.78, 5) is 22.8. The Morgan fingerprint density at radius 2 is 2.00 bits per heavy atom. The van der Waals surface area contributed by atoms with Crippen LogP contribution in [0, 0.1) is 17.0 Å². The van der Waals surface area contributed by atoms with Crippen molar-refractivity contribution in [2.24, 2.45) is 0 Å². The number of nitro benzene ring substituents is 1. The van der Waals surface area contributed by atoms with Gasteiger partial charge in [0, 0.05) is 22.6 Å². The molecule has 1 amide bonds. The van der Waals surface area contributed by atoms with Gasteiger partial charge in [0.05, 0.1) is 11.5 Å². The highest BCUT2D eigenvalue weighted by Gasteiger charge is 2.28. The summed E-state index contributed by atoms with van der Waals surface area (Å²) in [7, 11) is 0. The first-order valence-corrected chi connectivity index (χ1v) is 8.02. The molecule has 1 heterocycles. The van der Waals surface area contributed by atoms with Crippen molar-refractivity contribution in [1.29, 1.82) is 0 Å². The number of benzene rings is 2. The third-order valence-corrected chi connectivity index (χ3v) is 4.22. The fourth-order valence-corrected chi connectivity index (χ4v) is 2.64. The summed E-state index contributed by atoms with van der Waals surface area (Å²) in [6.45, 7) is 3.03. The molecule has 0 spiro atoms. The largest absolute Gasteiger partial charge is 0.458 e. The number of nitro groups is 1. The maximum absolute atomic E-state index is 12.3. The highest BCUT2D eigenvalue weighted by atomic mass is 16.6. The summed E-state index contributed by atoms with van der Waals surface area (Å²) >= 11 is 0. The maximum Gasteiger partial charge on any atom is 0.273 e. The van der Waals surface area contributed by atoms with Crippen molar-refractivity contribution in [1.82, 2.24) is 5.32 Å². The van der Waals surface area contributed by atoms with Crippen LogP contribution in [-0.4, -0.2) is 22.5 Å². The Hall–Kier alpha value is -3.19. The predicted octanol–water partition coefficient (Wildman–Crippen LogP) is 3.29. The molecule has 2 aromatic carbocycles. The topological polar surface area (TPSA) is 106 Å². The average Bonchev–Trinajstić information content (AvgIpc) is 3.05. The van der Waals surface area contributed by atoms with E-state index in [0.717, 1.165) is 5.39 Å². The van der Waals surface area contributed by atoms with Crippen LogP contribution in [0.25, 0.3) is 11.0 Å². The van der Waals surface area contributed by atoms with Gasteiger partial charge in [0.1, 0.15) is 16.9 Å². The summed E-state index contributed by atoms with van der Waals surface area (Å²) in [5.74, 6) is -0.182. The van der Waals surface area contributed by atoms with Crippen LogP contribution in [0.3, 0.4) is 0 Å². The summed E-state index contributed by atoms with van der Waals surface area (Å²) in [6.07, 6.45) is 0. The Morgan fingerprint density at radius 1 is 1.27 bits per heavy atom. The zero-order valence-electron chi connectivity index (χ0n) is 14.4. The molecule has 134 valence electrons. The van der Waals surface area contributed by atoms with E-state index in [9.17, 15) is 20.0 Å². The number of aliphatic hydroxyl groups is 1. The number of carbonyl (C=O) groups excluding carboxylic acids is 1. The van der Waals surface area contributed by atoms with Gasteiger partial charge in [-0.1, -0.05) is 24.3 Å². The van der Waals surface area contributed by atoms with Gasteiger partial charge in [-0.2, -0.15) is 0 Å². The first kappa shape index (κ1) is 17.6. The van der Waals surface area contributed by atoms with Crippen molar-refractivity contribution >= 4 is 22.6 Å². The van der Waals surface area contributed by atoms with Crippen molar-refractivity contribution in [2.75, 3.05) is 6.54 Å². The number of furan rings is 1. The maximum atomic E-state index is 12.3. The number of aryl methyl sites for hydroxylation is 1. The molecule has 1 aromatic heterocycles. The van der Waals surface area contributed by atoms with Gasteiger partial charge in [-0.3, -0.25) is 14.9 Å². The second-order valence-corrected chi connectivity index (χ2v) is 6.36. The quantitative estimate of drug-likeness (QED) is 0.540. The van der Waals surface area contributed by atoms with E-state index in [0.29, 0.717) is 16.9 Å². The van der Waals surface area contributed by atoms with E-state index in [4.69, 9.17) is 4.42 Å². The molecule has 0 bridgehead atoms. The molecular weight excluding hydrogens is 336 g/mol. The molecule has 1 atom stereocenters. The summed E-state index contributed by atoms with van der Waals surface area (Å²) in [6, 6.07) is 13.3. The van der Waals surface area contributed by atoms with Crippen LogP contribution in [0.5, 0.6) is 0 Å². The van der Waals surface area contributed by atoms with Crippen molar-refractivity contribution < 1.29 is 19.2 Å². The fraction of sp³-hybridized carbons (Fsp3) is 0.211. The molecule has 0 radical (unpaired) electrons. The van der Waals surface area contributed by atoms with Gasteiger partial charge in [-0.05, 0) is 32.0 Å². The molecule has 0 aliphatic carbocycles. The number of nitrogens with one attached hydrogen (secondary N) is 1. The molecule has 0 aliphatic rings. The molecule has 3 aromatic rings. The molecule has 3 rings (SSSR count). The Balaban J connectivity index is 1.75. The third-order valence-electron chi connectivity index (χ3n) is 4.22. The van der Waals surface area contributed by atoms with Crippen LogP contribution in [0.1, 0.15) is 28.6 Å². The van der Waals surface area contributed by atoms with Crippen LogP contribution < -0.4 is 5.32 Å². The first-order valence-electron chi connectivity index (χ1n) is 8.02. The Morgan fingerprint density at radius 3 is 2.69 bits per heavy atom. The molecule has 7 nitrogen and oxygen atoms in total. The van der Waals surface area contributed by atoms with Gasteiger partial charge in [0.2, 0.25) is 0 Å². The molecule has 26 heavy (non-hydrogen) atoms. The van der Waals surface area contributed by atoms with E-state index in [2.05, 4.69) is 5.32 Å². The normalized spacial score (nSPS) is 13.3. The lowest BCUT2D eigenvalue weighted by molar-refractivity contribution is -0.385. The highest BCUT2D eigenvalue weighted by molar-refractivity contribution is 5.95. The molecule has 0 saturated carbocycles. The van der Waals surface area contributed by atoms with Gasteiger partial charge in [-0.15, -0.1) is 0 Å². The molecule has 2 N–H and O–H groups in total. The molecule has 0 aliphatic heterocycles. The predicted molar refractivity (Wildman–Crippen MR) is 96.0 cm³/mol. The second kappa shape index (κ2) is 6.61. The van der Waals surface area contributed by atoms with E-state index < -0.39 is 16.4 Å². The van der Waals surface area contributed by atoms with E-state index >= 15 is 0 Å². The van der Waals surface area contributed by atoms with E-state index in [1.807, 2.05) is 18.2 Å². The van der Waals surface area contributed by atoms with Gasteiger partial charge in [-0.25, -0.2) is 0 Å². The fourth-order valence-electron chi connectivity index (χ4n) is 2.64. The van der Waals surface area contributed by atoms with Gasteiger partial charge < -0.3 is 14.8 Å². The van der Waals surface area contributed by atoms with Gasteiger partial charge >= 0.3 is 0 Å². The minimum Gasteiger partial charge on any atom is -0.458 e. The average molecular weight is 354 g/mol. The molecule has 1 unspecified atom stereocenters. The van der Waals surface area contributed by atoms with Crippen LogP contribution in [-0.2, 0) is 5.60 Å². The minimum absolute atomic E-state index is 0.104. The van der Waals surface area contributed by atoms with E-state index in [1.54, 1.807) is 19.1 Å². The smallest absolute Gasteiger partial charge is 0.273 e. The number of carbonyl (C=O) groups is 1. The number of rotatable bonds is 5. The molecule has 0 fully saturated rings. The number of fused-ring (bicyclic) bond motifs is 1. The third kappa shape index (κ3) is 3.43. The zero-order chi connectivity index (χ0) is 18.9. The summed E-state index contributed by atoms with van der Waals surface area (Å²) in [5, 5.41) is 25.1. The van der Waals surface area contributed by atoms with Crippen LogP contribution in [0.4, 0.5) is 5.69 Å². The van der Waals surface area contributed by atoms with Crippen molar-refractivity contribution in [3.8, 4) is 0 Å². The Bertz CT molecular complexity index is 958. The molecule has 7 heteroatoms. The Kier molecular flexibility index (Phi) is 4.48. The SMILES string of the molecule is Cc1ccc(C(=O)NCC(C)(O)c2cc3ccccc3o2)cc1[N+](=O)[O-]. The Labute approximate surface area is 149 Å².